The number of nitrogens with zero attached hydrogens (tertiary/aromatic N) is 2. The van der Waals surface area contributed by atoms with Gasteiger partial charge in [-0.25, -0.2) is 4.98 Å². The zero-order valence-electron chi connectivity index (χ0n) is 11.0. The zero-order chi connectivity index (χ0) is 12.7. The van der Waals surface area contributed by atoms with Crippen LogP contribution in [0.1, 0.15) is 25.7 Å². The first-order chi connectivity index (χ1) is 9.42. The summed E-state index contributed by atoms with van der Waals surface area (Å²) < 4.78 is 1.35. The summed E-state index contributed by atoms with van der Waals surface area (Å²) in [5, 5.41) is 7.17. The Balaban J connectivity index is 1.60. The molecule has 0 aromatic carbocycles. The topological polar surface area (TPSA) is 28.2 Å². The molecule has 19 heavy (non-hydrogen) atoms. The van der Waals surface area contributed by atoms with Crippen LogP contribution in [0, 0.1) is 0 Å². The lowest BCUT2D eigenvalue weighted by atomic mass is 10.2. The molecule has 2 aromatic rings. The van der Waals surface area contributed by atoms with Gasteiger partial charge < -0.3 is 10.2 Å². The van der Waals surface area contributed by atoms with E-state index in [2.05, 4.69) is 32.7 Å². The van der Waals surface area contributed by atoms with E-state index in [0.29, 0.717) is 6.04 Å². The maximum Gasteiger partial charge on any atom is 0.137 e. The second-order valence-electron chi connectivity index (χ2n) is 5.64. The molecule has 1 saturated carbocycles. The number of fused-ring (bicyclic) bond motifs is 1. The van der Waals surface area contributed by atoms with Gasteiger partial charge in [0.1, 0.15) is 5.82 Å². The van der Waals surface area contributed by atoms with Crippen LogP contribution in [0.3, 0.4) is 0 Å². The summed E-state index contributed by atoms with van der Waals surface area (Å²) in [7, 11) is 0. The smallest absolute Gasteiger partial charge is 0.137 e. The predicted octanol–water partition coefficient (Wildman–Crippen LogP) is 3.02. The fraction of sp³-hybridized carbons (Fsp3) is 0.533. The van der Waals surface area contributed by atoms with Gasteiger partial charge in [0.2, 0.25) is 0 Å². The van der Waals surface area contributed by atoms with E-state index in [-0.39, 0.29) is 0 Å². The molecule has 0 bridgehead atoms. The molecular formula is C15H19N3S. The lowest BCUT2D eigenvalue weighted by Crippen LogP contribution is -2.39. The Hall–Kier alpha value is -1.13. The highest BCUT2D eigenvalue weighted by Crippen LogP contribution is 2.32. The molecule has 2 fully saturated rings. The van der Waals surface area contributed by atoms with E-state index in [4.69, 9.17) is 0 Å². The van der Waals surface area contributed by atoms with E-state index in [0.717, 1.165) is 19.1 Å². The Morgan fingerprint density at radius 1 is 1.32 bits per heavy atom. The van der Waals surface area contributed by atoms with E-state index in [9.17, 15) is 0 Å². The standard InChI is InChI=1S/C15H19N3S/c1-2-12(10-17-11-3-4-11)18(8-1)15-13-6-9-19-14(13)5-7-16-15/h5-7,9,11-12,17H,1-4,8,10H2. The average Bonchev–Trinajstić information content (AvgIpc) is 2.96. The molecule has 1 saturated heterocycles. The minimum absolute atomic E-state index is 0.624. The van der Waals surface area contributed by atoms with Gasteiger partial charge in [0.15, 0.2) is 0 Å². The summed E-state index contributed by atoms with van der Waals surface area (Å²) in [6, 6.07) is 5.76. The van der Waals surface area contributed by atoms with Crippen LogP contribution in [0.25, 0.3) is 10.1 Å². The van der Waals surface area contributed by atoms with Crippen LogP contribution >= 0.6 is 11.3 Å². The maximum absolute atomic E-state index is 4.66. The van der Waals surface area contributed by atoms with Gasteiger partial charge in [-0.1, -0.05) is 0 Å². The van der Waals surface area contributed by atoms with Crippen LogP contribution in [0.2, 0.25) is 0 Å². The second kappa shape index (κ2) is 4.76. The molecule has 3 nitrogen and oxygen atoms in total. The molecule has 100 valence electrons. The van der Waals surface area contributed by atoms with Crippen molar-refractivity contribution < 1.29 is 0 Å². The number of anilines is 1. The Morgan fingerprint density at radius 2 is 2.26 bits per heavy atom. The lowest BCUT2D eigenvalue weighted by molar-refractivity contribution is 0.569. The van der Waals surface area contributed by atoms with Crippen molar-refractivity contribution in [2.45, 2.75) is 37.8 Å². The second-order valence-corrected chi connectivity index (χ2v) is 6.59. The van der Waals surface area contributed by atoms with Crippen LogP contribution in [-0.2, 0) is 0 Å². The first-order valence-corrected chi connectivity index (χ1v) is 8.12. The lowest BCUT2D eigenvalue weighted by Gasteiger charge is -2.26. The summed E-state index contributed by atoms with van der Waals surface area (Å²) in [4.78, 5) is 7.18. The van der Waals surface area contributed by atoms with Crippen molar-refractivity contribution in [3.05, 3.63) is 23.7 Å². The minimum Gasteiger partial charge on any atom is -0.352 e. The molecule has 0 amide bonds. The van der Waals surface area contributed by atoms with Gasteiger partial charge in [-0.2, -0.15) is 0 Å². The summed E-state index contributed by atoms with van der Waals surface area (Å²) in [5.41, 5.74) is 0. The van der Waals surface area contributed by atoms with Crippen molar-refractivity contribution in [1.29, 1.82) is 0 Å². The average molecular weight is 273 g/mol. The van der Waals surface area contributed by atoms with Gasteiger partial charge in [-0.3, -0.25) is 0 Å². The van der Waals surface area contributed by atoms with Crippen LogP contribution in [0.5, 0.6) is 0 Å². The summed E-state index contributed by atoms with van der Waals surface area (Å²) in [6.07, 6.45) is 7.27. The minimum atomic E-state index is 0.624. The monoisotopic (exact) mass is 273 g/mol. The first kappa shape index (κ1) is 11.7. The fourth-order valence-corrected chi connectivity index (χ4v) is 3.80. The van der Waals surface area contributed by atoms with Gasteiger partial charge in [0.05, 0.1) is 0 Å². The van der Waals surface area contributed by atoms with Crippen molar-refractivity contribution in [2.24, 2.45) is 0 Å². The molecule has 4 rings (SSSR count). The van der Waals surface area contributed by atoms with Crippen LogP contribution in [-0.4, -0.2) is 30.2 Å². The van der Waals surface area contributed by atoms with E-state index in [1.54, 1.807) is 0 Å². The van der Waals surface area contributed by atoms with E-state index < -0.39 is 0 Å². The van der Waals surface area contributed by atoms with Crippen molar-refractivity contribution in [3.63, 3.8) is 0 Å². The number of pyridine rings is 1. The largest absolute Gasteiger partial charge is 0.352 e. The van der Waals surface area contributed by atoms with E-state index >= 15 is 0 Å². The van der Waals surface area contributed by atoms with Crippen LogP contribution in [0.4, 0.5) is 5.82 Å². The molecule has 2 aromatic heterocycles. The Kier molecular flexibility index (Phi) is 2.93. The number of hydrogen-bond acceptors (Lipinski definition) is 4. The zero-order valence-corrected chi connectivity index (χ0v) is 11.8. The highest BCUT2D eigenvalue weighted by molar-refractivity contribution is 7.17. The highest BCUT2D eigenvalue weighted by atomic mass is 32.1. The van der Waals surface area contributed by atoms with Gasteiger partial charge in [0, 0.05) is 41.5 Å². The highest BCUT2D eigenvalue weighted by Gasteiger charge is 2.29. The fourth-order valence-electron chi connectivity index (χ4n) is 3.03. The Morgan fingerprint density at radius 3 is 3.16 bits per heavy atom. The summed E-state index contributed by atoms with van der Waals surface area (Å²) in [6.45, 7) is 2.27. The number of rotatable bonds is 4. The normalized spacial score (nSPS) is 23.4. The van der Waals surface area contributed by atoms with Gasteiger partial charge >= 0.3 is 0 Å². The molecule has 2 aliphatic rings. The molecule has 3 heterocycles. The Labute approximate surface area is 117 Å². The van der Waals surface area contributed by atoms with Gasteiger partial charge in [-0.05, 0) is 43.2 Å². The van der Waals surface area contributed by atoms with E-state index in [1.165, 1.54) is 41.6 Å². The molecule has 4 heteroatoms. The van der Waals surface area contributed by atoms with Gasteiger partial charge in [0.25, 0.3) is 0 Å². The number of hydrogen-bond donors (Lipinski definition) is 1. The molecular weight excluding hydrogens is 254 g/mol. The summed E-state index contributed by atoms with van der Waals surface area (Å²) in [5.74, 6) is 1.19. The number of aromatic nitrogens is 1. The number of thiophene rings is 1. The first-order valence-electron chi connectivity index (χ1n) is 7.24. The predicted molar refractivity (Wildman–Crippen MR) is 81.0 cm³/mol. The third kappa shape index (κ3) is 2.23. The van der Waals surface area contributed by atoms with E-state index in [1.807, 2.05) is 17.5 Å². The molecule has 1 aliphatic carbocycles. The van der Waals surface area contributed by atoms with Crippen molar-refractivity contribution in [3.8, 4) is 0 Å². The third-order valence-corrected chi connectivity index (χ3v) is 5.11. The van der Waals surface area contributed by atoms with Crippen LogP contribution in [0.15, 0.2) is 23.7 Å². The Bertz CT molecular complexity index is 576. The van der Waals surface area contributed by atoms with Crippen molar-refractivity contribution in [2.75, 3.05) is 18.0 Å². The quantitative estimate of drug-likeness (QED) is 0.928. The number of nitrogens with one attached hydrogen (secondary N) is 1. The SMILES string of the molecule is c1cc2sccc2c(N2CCCC2CNC2CC2)n1. The molecule has 1 atom stereocenters. The van der Waals surface area contributed by atoms with Crippen molar-refractivity contribution >= 4 is 27.2 Å². The van der Waals surface area contributed by atoms with Crippen LogP contribution < -0.4 is 10.2 Å². The molecule has 0 radical (unpaired) electrons. The third-order valence-electron chi connectivity index (χ3n) is 4.23. The summed E-state index contributed by atoms with van der Waals surface area (Å²) >= 11 is 1.81. The molecule has 0 spiro atoms. The van der Waals surface area contributed by atoms with Crippen molar-refractivity contribution in [1.82, 2.24) is 10.3 Å². The molecule has 1 N–H and O–H groups in total. The maximum atomic E-state index is 4.66. The molecule has 1 unspecified atom stereocenters. The molecule has 1 aliphatic heterocycles. The van der Waals surface area contributed by atoms with Gasteiger partial charge in [-0.15, -0.1) is 11.3 Å².